The molecule has 30 nitrogen and oxygen atoms in total. The lowest BCUT2D eigenvalue weighted by molar-refractivity contribution is -0.172. The quantitative estimate of drug-likeness (QED) is 0.0151. The lowest BCUT2D eigenvalue weighted by atomic mass is 9.81. The van der Waals surface area contributed by atoms with Crippen LogP contribution >= 0.6 is 0 Å². The Morgan fingerprint density at radius 1 is 0.713 bits per heavy atom. The number of carbonyl (C=O) groups is 7. The van der Waals surface area contributed by atoms with Gasteiger partial charge in [0, 0.05) is 83.1 Å². The van der Waals surface area contributed by atoms with Gasteiger partial charge in [-0.25, -0.2) is 50.9 Å². The Balaban J connectivity index is 0.646. The predicted octanol–water partition coefficient (Wildman–Crippen LogP) is 0.436. The Hall–Kier alpha value is -9.12. The number of cyclic esters (lactones) is 1. The van der Waals surface area contributed by atoms with Crippen molar-refractivity contribution in [2.45, 2.75) is 107 Å². The van der Waals surface area contributed by atoms with Crippen LogP contribution in [0.2, 0.25) is 0 Å². The minimum atomic E-state index is -3.68. The van der Waals surface area contributed by atoms with Crippen LogP contribution in [0.5, 0.6) is 0 Å². The van der Waals surface area contributed by atoms with Crippen molar-refractivity contribution in [2.24, 2.45) is 0 Å². The minimum Gasteiger partial charge on any atom is -0.458 e. The van der Waals surface area contributed by atoms with E-state index in [4.69, 9.17) is 28.7 Å². The number of aromatic nitrogens is 6. The number of aliphatic hydroxyl groups is 1. The maximum atomic E-state index is 15.4. The van der Waals surface area contributed by atoms with Crippen molar-refractivity contribution in [1.82, 2.24) is 61.4 Å². The van der Waals surface area contributed by atoms with Gasteiger partial charge in [0.05, 0.1) is 68.1 Å². The number of aryl methyl sites for hydroxylation is 1. The monoisotopic (exact) mass is 1340 g/mol. The molecule has 0 unspecified atom stereocenters. The summed E-state index contributed by atoms with van der Waals surface area (Å²) >= 11 is 0. The molecule has 0 saturated heterocycles. The number of ether oxygens (including phenoxy) is 5. The molecule has 0 fully saturated rings. The van der Waals surface area contributed by atoms with Gasteiger partial charge >= 0.3 is 5.97 Å². The van der Waals surface area contributed by atoms with Crippen LogP contribution in [0.15, 0.2) is 70.2 Å². The third-order valence-corrected chi connectivity index (χ3v) is 17.6. The SMILES string of the molecule is CC[C@@]1(O)C(=O)OCc2c1cc1n(c2=O)Cc2c-1nc1cc(F)c(C)c3c1c2[C@@H](NC(=O)COCNC(=O)[C@H](C)NC(=O)[C@H](C)NC(=O)[C@H](C)NC(=O)COCCOCCOCCNC(=O)c1cc(-c2cnc(S(C)(=O)=O)nc2)cc(-c2cnc(S(C)(=O)=O)nc2)c1)CC3. The molecule has 2 aromatic carbocycles. The van der Waals surface area contributed by atoms with E-state index in [1.807, 2.05) is 0 Å². The van der Waals surface area contributed by atoms with Gasteiger partial charge in [-0.2, -0.15) is 0 Å². The summed E-state index contributed by atoms with van der Waals surface area (Å²) in [5, 5.41) is 26.9. The number of pyridine rings is 2. The number of rotatable bonds is 28. The van der Waals surface area contributed by atoms with Gasteiger partial charge in [-0.3, -0.25) is 33.6 Å². The highest BCUT2D eigenvalue weighted by Gasteiger charge is 2.46. The Bertz CT molecular complexity index is 4200. The summed E-state index contributed by atoms with van der Waals surface area (Å²) < 4.78 is 91.7. The van der Waals surface area contributed by atoms with E-state index in [0.717, 1.165) is 12.5 Å². The first-order chi connectivity index (χ1) is 44.6. The Kier molecular flexibility index (Phi) is 21.4. The fourth-order valence-corrected chi connectivity index (χ4v) is 11.8. The van der Waals surface area contributed by atoms with Crippen LogP contribution in [0.3, 0.4) is 0 Å². The molecule has 6 heterocycles. The number of nitrogens with zero attached hydrogens (tertiary/aromatic N) is 6. The maximum Gasteiger partial charge on any atom is 0.343 e. The number of hydrogen-bond acceptors (Lipinski definition) is 23. The summed E-state index contributed by atoms with van der Waals surface area (Å²) in [7, 11) is -7.37. The van der Waals surface area contributed by atoms with Crippen molar-refractivity contribution < 1.29 is 83.6 Å². The smallest absolute Gasteiger partial charge is 0.343 e. The number of fused-ring (bicyclic) bond motifs is 5. The van der Waals surface area contributed by atoms with Gasteiger partial charge in [0.15, 0.2) is 5.60 Å². The van der Waals surface area contributed by atoms with Crippen LogP contribution in [0.25, 0.3) is 44.5 Å². The van der Waals surface area contributed by atoms with Crippen molar-refractivity contribution in [3.63, 3.8) is 0 Å². The van der Waals surface area contributed by atoms with Crippen LogP contribution < -0.4 is 37.5 Å². The van der Waals surface area contributed by atoms with E-state index < -0.39 is 122 Å². The van der Waals surface area contributed by atoms with Crippen molar-refractivity contribution in [3.05, 3.63) is 110 Å². The highest BCUT2D eigenvalue weighted by Crippen LogP contribution is 2.46. The molecule has 1 aliphatic carbocycles. The highest BCUT2D eigenvalue weighted by molar-refractivity contribution is 7.90. The predicted molar refractivity (Wildman–Crippen MR) is 330 cm³/mol. The first-order valence-electron chi connectivity index (χ1n) is 29.7. The molecule has 0 saturated carbocycles. The highest BCUT2D eigenvalue weighted by atomic mass is 32.2. The zero-order valence-corrected chi connectivity index (χ0v) is 53.8. The molecule has 3 aliphatic rings. The number of halogens is 1. The number of esters is 1. The number of sulfone groups is 2. The molecule has 94 heavy (non-hydrogen) atoms. The Labute approximate surface area is 537 Å². The summed E-state index contributed by atoms with van der Waals surface area (Å²) in [5.74, 6) is -5.14. The summed E-state index contributed by atoms with van der Waals surface area (Å²) in [6.45, 7) is 6.36. The maximum absolute atomic E-state index is 15.4. The number of nitrogens with one attached hydrogen (secondary N) is 6. The van der Waals surface area contributed by atoms with Crippen LogP contribution in [-0.2, 0) is 97.3 Å². The van der Waals surface area contributed by atoms with Gasteiger partial charge in [-0.1, -0.05) is 6.92 Å². The van der Waals surface area contributed by atoms with E-state index in [1.165, 1.54) is 56.2 Å². The fourth-order valence-electron chi connectivity index (χ4n) is 10.9. The molecule has 0 bridgehead atoms. The zero-order valence-electron chi connectivity index (χ0n) is 52.2. The number of carbonyl (C=O) groups excluding carboxylic acids is 7. The fraction of sp³-hybridized carbons (Fsp3) is 0.426. The normalized spacial score (nSPS) is 16.5. The van der Waals surface area contributed by atoms with Gasteiger partial charge in [-0.15, -0.1) is 0 Å². The van der Waals surface area contributed by atoms with Crippen LogP contribution in [0.1, 0.15) is 90.3 Å². The largest absolute Gasteiger partial charge is 0.458 e. The van der Waals surface area contributed by atoms with Gasteiger partial charge in [-0.05, 0) is 99.0 Å². The van der Waals surface area contributed by atoms with Gasteiger partial charge in [0.25, 0.3) is 11.5 Å². The first kappa shape index (κ1) is 69.2. The van der Waals surface area contributed by atoms with Crippen molar-refractivity contribution in [2.75, 3.05) is 72.0 Å². The molecule has 33 heteroatoms. The summed E-state index contributed by atoms with van der Waals surface area (Å²) in [5.41, 5.74) is 2.91. The second-order valence-electron chi connectivity index (χ2n) is 22.6. The molecule has 6 aromatic rings. The first-order valence-corrected chi connectivity index (χ1v) is 33.4. The molecule has 0 radical (unpaired) electrons. The molecular weight excluding hydrogens is 1270 g/mol. The van der Waals surface area contributed by atoms with E-state index >= 15 is 4.39 Å². The molecule has 7 N–H and O–H groups in total. The molecule has 6 amide bonds. The number of benzene rings is 2. The molecule has 4 aromatic heterocycles. The van der Waals surface area contributed by atoms with E-state index in [9.17, 15) is 60.3 Å². The molecule has 500 valence electrons. The van der Waals surface area contributed by atoms with Crippen LogP contribution in [-0.4, -0.2) is 183 Å². The Morgan fingerprint density at radius 2 is 1.28 bits per heavy atom. The standard InChI is InChI=1S/C61H69FN12O18S2/c1-8-61(83)43-20-47-52-41(26-74(47)57(81)42(43)27-92-58(61)82)51-45(10-9-40-31(2)44(62)21-46(73-52)50(40)51)72-49(76)29-91-30-68-53(77)32(3)70-55(79)34(5)71-54(78)33(4)69-48(75)28-90-16-15-89-14-13-88-12-11-63-56(80)37-18-35(38-22-64-59(65-23-38)93(6,84)85)17-36(19-37)39-24-66-60(67-25-39)94(7,86)87/h17-25,32-34,45,83H,8-16,26-30H2,1-7H3,(H,63,80)(H,68,77)(H,69,75)(H,70,79)(H,71,78)(H,72,76)/t32-,33-,34-,45-,61-/m0/s1. The Morgan fingerprint density at radius 3 is 1.87 bits per heavy atom. The zero-order chi connectivity index (χ0) is 68.0. The number of amides is 6. The minimum absolute atomic E-state index is 0.0109. The van der Waals surface area contributed by atoms with Crippen molar-refractivity contribution >= 4 is 72.0 Å². The van der Waals surface area contributed by atoms with E-state index in [0.29, 0.717) is 79.6 Å². The van der Waals surface area contributed by atoms with Gasteiger partial charge < -0.3 is 65.3 Å². The summed E-state index contributed by atoms with van der Waals surface area (Å²) in [6.07, 6.45) is 7.81. The van der Waals surface area contributed by atoms with Crippen molar-refractivity contribution in [3.8, 4) is 33.6 Å². The lowest BCUT2D eigenvalue weighted by Crippen LogP contribution is -2.55. The summed E-state index contributed by atoms with van der Waals surface area (Å²) in [4.78, 5) is 125. The molecular formula is C61H69FN12O18S2. The van der Waals surface area contributed by atoms with E-state index in [1.54, 1.807) is 38.1 Å². The topological polar surface area (TPSA) is 413 Å². The molecule has 0 spiro atoms. The van der Waals surface area contributed by atoms with E-state index in [2.05, 4.69) is 51.8 Å². The third-order valence-electron chi connectivity index (χ3n) is 15.9. The van der Waals surface area contributed by atoms with Crippen LogP contribution in [0, 0.1) is 12.7 Å². The third kappa shape index (κ3) is 15.6. The van der Waals surface area contributed by atoms with Gasteiger partial charge in [0.2, 0.25) is 59.5 Å². The molecule has 2 aliphatic heterocycles. The van der Waals surface area contributed by atoms with Gasteiger partial charge in [0.1, 0.15) is 50.5 Å². The van der Waals surface area contributed by atoms with Crippen molar-refractivity contribution in [1.29, 1.82) is 0 Å². The van der Waals surface area contributed by atoms with Crippen LogP contribution in [0.4, 0.5) is 4.39 Å². The second-order valence-corrected chi connectivity index (χ2v) is 26.5. The second kappa shape index (κ2) is 29.0. The lowest BCUT2D eigenvalue weighted by Gasteiger charge is -2.31. The number of hydrogen-bond donors (Lipinski definition) is 7. The summed E-state index contributed by atoms with van der Waals surface area (Å²) in [6, 6.07) is 3.61. The average molecular weight is 1340 g/mol. The molecule has 9 rings (SSSR count). The molecule has 5 atom stereocenters. The average Bonchev–Trinajstić information content (AvgIpc) is 1.55. The van der Waals surface area contributed by atoms with E-state index in [-0.39, 0.29) is 86.2 Å².